The van der Waals surface area contributed by atoms with Crippen molar-refractivity contribution in [2.75, 3.05) is 27.4 Å². The van der Waals surface area contributed by atoms with Gasteiger partial charge in [0.1, 0.15) is 11.4 Å². The molecule has 1 atom stereocenters. The van der Waals surface area contributed by atoms with Gasteiger partial charge < -0.3 is 18.9 Å². The number of ether oxygens (including phenoxy) is 2. The molecule has 1 unspecified atom stereocenters. The Morgan fingerprint density at radius 3 is 2.92 bits per heavy atom. The highest BCUT2D eigenvalue weighted by molar-refractivity contribution is 5.96. The number of pyridine rings is 1. The molecule has 3 heterocycles. The lowest BCUT2D eigenvalue weighted by Gasteiger charge is -2.34. The summed E-state index contributed by atoms with van der Waals surface area (Å²) in [6.45, 7) is 4.02. The lowest BCUT2D eigenvalue weighted by atomic mass is 10.1. The van der Waals surface area contributed by atoms with E-state index in [1.807, 2.05) is 18.0 Å². The molecule has 0 radical (unpaired) electrons. The normalized spacial score (nSPS) is 16.8. The van der Waals surface area contributed by atoms with Crippen LogP contribution in [-0.4, -0.2) is 52.7 Å². The molecule has 7 nitrogen and oxygen atoms in total. The fraction of sp³-hybridized carbons (Fsp3) is 0.471. The van der Waals surface area contributed by atoms with Gasteiger partial charge in [0, 0.05) is 44.7 Å². The summed E-state index contributed by atoms with van der Waals surface area (Å²) in [5.74, 6) is 1.17. The van der Waals surface area contributed by atoms with Crippen LogP contribution < -0.4 is 4.74 Å². The first kappa shape index (κ1) is 16.4. The van der Waals surface area contributed by atoms with Gasteiger partial charge in [0.25, 0.3) is 5.91 Å². The summed E-state index contributed by atoms with van der Waals surface area (Å²) < 4.78 is 12.6. The molecule has 1 amide bonds. The number of fused-ring (bicyclic) bond motifs is 1. The Kier molecular flexibility index (Phi) is 4.80. The summed E-state index contributed by atoms with van der Waals surface area (Å²) >= 11 is 0. The molecular formula is C17H22N4O3. The van der Waals surface area contributed by atoms with Crippen molar-refractivity contribution in [3.8, 4) is 5.88 Å². The number of carbonyl (C=O) groups is 1. The number of hydrogen-bond acceptors (Lipinski definition) is 5. The molecule has 0 N–H and O–H groups in total. The van der Waals surface area contributed by atoms with Gasteiger partial charge in [-0.3, -0.25) is 4.79 Å². The molecule has 0 saturated carbocycles. The number of amides is 1. The Balaban J connectivity index is 1.84. The Morgan fingerprint density at radius 1 is 1.33 bits per heavy atom. The number of carbonyl (C=O) groups excluding carboxylic acids is 1. The molecule has 3 rings (SSSR count). The van der Waals surface area contributed by atoms with E-state index in [1.165, 1.54) is 7.11 Å². The first-order valence-corrected chi connectivity index (χ1v) is 8.00. The fourth-order valence-corrected chi connectivity index (χ4v) is 3.11. The van der Waals surface area contributed by atoms with Crippen molar-refractivity contribution >= 4 is 5.91 Å². The summed E-state index contributed by atoms with van der Waals surface area (Å²) in [5, 5.41) is 0. The van der Waals surface area contributed by atoms with E-state index in [4.69, 9.17) is 9.47 Å². The minimum atomic E-state index is -0.104. The second-order valence-electron chi connectivity index (χ2n) is 5.74. The molecule has 0 spiro atoms. The number of imidazole rings is 1. The van der Waals surface area contributed by atoms with Gasteiger partial charge in [0.15, 0.2) is 0 Å². The van der Waals surface area contributed by atoms with Crippen LogP contribution in [0.25, 0.3) is 0 Å². The highest BCUT2D eigenvalue weighted by Gasteiger charge is 2.32. The van der Waals surface area contributed by atoms with Crippen molar-refractivity contribution in [2.24, 2.45) is 0 Å². The molecule has 0 saturated heterocycles. The number of nitrogens with zero attached hydrogens (tertiary/aromatic N) is 4. The summed E-state index contributed by atoms with van der Waals surface area (Å²) in [5.41, 5.74) is 1.62. The third kappa shape index (κ3) is 2.87. The van der Waals surface area contributed by atoms with Gasteiger partial charge in [0.05, 0.1) is 19.8 Å². The molecule has 0 aliphatic carbocycles. The molecule has 0 bridgehead atoms. The van der Waals surface area contributed by atoms with Crippen LogP contribution in [0.4, 0.5) is 0 Å². The maximum absolute atomic E-state index is 12.9. The van der Waals surface area contributed by atoms with E-state index in [0.29, 0.717) is 24.6 Å². The van der Waals surface area contributed by atoms with E-state index in [0.717, 1.165) is 24.5 Å². The quantitative estimate of drug-likeness (QED) is 0.834. The fourth-order valence-electron chi connectivity index (χ4n) is 3.11. The minimum absolute atomic E-state index is 0.0832. The van der Waals surface area contributed by atoms with Crippen LogP contribution in [0.1, 0.15) is 34.8 Å². The van der Waals surface area contributed by atoms with E-state index in [1.54, 1.807) is 25.4 Å². The van der Waals surface area contributed by atoms with Crippen molar-refractivity contribution in [3.63, 3.8) is 0 Å². The maximum atomic E-state index is 12.9. The summed E-state index contributed by atoms with van der Waals surface area (Å²) in [7, 11) is 3.21. The van der Waals surface area contributed by atoms with E-state index in [9.17, 15) is 4.79 Å². The molecule has 2 aromatic heterocycles. The lowest BCUT2D eigenvalue weighted by molar-refractivity contribution is 0.0631. The van der Waals surface area contributed by atoms with Gasteiger partial charge in [-0.15, -0.1) is 0 Å². The Bertz CT molecular complexity index is 728. The zero-order valence-corrected chi connectivity index (χ0v) is 14.2. The van der Waals surface area contributed by atoms with Crippen LogP contribution in [-0.2, 0) is 17.7 Å². The van der Waals surface area contributed by atoms with E-state index < -0.39 is 0 Å². The summed E-state index contributed by atoms with van der Waals surface area (Å²) in [6, 6.07) is 3.38. The molecule has 128 valence electrons. The van der Waals surface area contributed by atoms with Crippen LogP contribution in [0, 0.1) is 0 Å². The molecule has 1 aliphatic rings. The zero-order valence-electron chi connectivity index (χ0n) is 14.2. The first-order valence-electron chi connectivity index (χ1n) is 8.00. The predicted molar refractivity (Wildman–Crippen MR) is 88.0 cm³/mol. The Labute approximate surface area is 141 Å². The second kappa shape index (κ2) is 7.00. The van der Waals surface area contributed by atoms with Gasteiger partial charge in [-0.1, -0.05) is 0 Å². The van der Waals surface area contributed by atoms with Gasteiger partial charge in [-0.2, -0.15) is 0 Å². The SMILES string of the molecule is COCCc1cnc2n1CCN(C(=O)c1cccnc1OC)C2C. The highest BCUT2D eigenvalue weighted by Crippen LogP contribution is 2.28. The van der Waals surface area contributed by atoms with Crippen molar-refractivity contribution in [2.45, 2.75) is 25.9 Å². The smallest absolute Gasteiger partial charge is 0.260 e. The predicted octanol–water partition coefficient (Wildman–Crippen LogP) is 1.69. The molecule has 0 aromatic carbocycles. The van der Waals surface area contributed by atoms with Gasteiger partial charge in [-0.05, 0) is 19.1 Å². The molecule has 24 heavy (non-hydrogen) atoms. The van der Waals surface area contributed by atoms with E-state index in [2.05, 4.69) is 14.5 Å². The molecule has 2 aromatic rings. The molecule has 1 aliphatic heterocycles. The number of hydrogen-bond donors (Lipinski definition) is 0. The third-order valence-corrected chi connectivity index (χ3v) is 4.39. The van der Waals surface area contributed by atoms with Crippen molar-refractivity contribution < 1.29 is 14.3 Å². The van der Waals surface area contributed by atoms with Gasteiger partial charge >= 0.3 is 0 Å². The largest absolute Gasteiger partial charge is 0.480 e. The van der Waals surface area contributed by atoms with Gasteiger partial charge in [-0.25, -0.2) is 9.97 Å². The van der Waals surface area contributed by atoms with E-state index >= 15 is 0 Å². The lowest BCUT2D eigenvalue weighted by Crippen LogP contribution is -2.41. The standard InChI is InChI=1S/C17H22N4O3/c1-12-15-19-11-13(6-10-23-2)21(15)9-8-20(12)17(22)14-5-4-7-18-16(14)24-3/h4-5,7,11-12H,6,8-10H2,1-3H3. The van der Waals surface area contributed by atoms with Crippen molar-refractivity contribution in [1.29, 1.82) is 0 Å². The average molecular weight is 330 g/mol. The third-order valence-electron chi connectivity index (χ3n) is 4.39. The topological polar surface area (TPSA) is 69.5 Å². The highest BCUT2D eigenvalue weighted by atomic mass is 16.5. The minimum Gasteiger partial charge on any atom is -0.480 e. The summed E-state index contributed by atoms with van der Waals surface area (Å²) in [6.07, 6.45) is 4.31. The maximum Gasteiger partial charge on any atom is 0.260 e. The van der Waals surface area contributed by atoms with E-state index in [-0.39, 0.29) is 11.9 Å². The molecule has 0 fully saturated rings. The zero-order chi connectivity index (χ0) is 17.1. The van der Waals surface area contributed by atoms with Crippen LogP contribution in [0.2, 0.25) is 0 Å². The van der Waals surface area contributed by atoms with Crippen molar-refractivity contribution in [3.05, 3.63) is 41.6 Å². The van der Waals surface area contributed by atoms with Crippen LogP contribution in [0.15, 0.2) is 24.5 Å². The van der Waals surface area contributed by atoms with Crippen LogP contribution >= 0.6 is 0 Å². The molecular weight excluding hydrogens is 308 g/mol. The van der Waals surface area contributed by atoms with Gasteiger partial charge in [0.2, 0.25) is 5.88 Å². The number of methoxy groups -OCH3 is 2. The Hall–Kier alpha value is -2.41. The van der Waals surface area contributed by atoms with Crippen LogP contribution in [0.3, 0.4) is 0 Å². The number of rotatable bonds is 5. The monoisotopic (exact) mass is 330 g/mol. The average Bonchev–Trinajstić information content (AvgIpc) is 3.03. The van der Waals surface area contributed by atoms with Crippen LogP contribution in [0.5, 0.6) is 5.88 Å². The molecule has 7 heteroatoms. The summed E-state index contributed by atoms with van der Waals surface area (Å²) in [4.78, 5) is 23.4. The number of aromatic nitrogens is 3. The first-order chi connectivity index (χ1) is 11.7. The second-order valence-corrected chi connectivity index (χ2v) is 5.74. The Morgan fingerprint density at radius 2 is 2.17 bits per heavy atom. The van der Waals surface area contributed by atoms with Crippen molar-refractivity contribution in [1.82, 2.24) is 19.4 Å².